The second kappa shape index (κ2) is 9.15. The van der Waals surface area contributed by atoms with Gasteiger partial charge in [-0.1, -0.05) is 12.1 Å². The molecule has 126 valence electrons. The van der Waals surface area contributed by atoms with Crippen molar-refractivity contribution < 1.29 is 14.3 Å². The van der Waals surface area contributed by atoms with Gasteiger partial charge in [0.2, 0.25) is 5.91 Å². The lowest BCUT2D eigenvalue weighted by molar-refractivity contribution is -0.123. The molecule has 0 unspecified atom stereocenters. The van der Waals surface area contributed by atoms with Gasteiger partial charge in [-0.15, -0.1) is 0 Å². The van der Waals surface area contributed by atoms with Crippen molar-refractivity contribution in [1.29, 1.82) is 0 Å². The summed E-state index contributed by atoms with van der Waals surface area (Å²) in [5, 5.41) is 8.70. The van der Waals surface area contributed by atoms with Gasteiger partial charge in [0.05, 0.1) is 6.54 Å². The van der Waals surface area contributed by atoms with E-state index in [0.717, 1.165) is 18.0 Å². The molecule has 1 aromatic rings. The molecule has 1 saturated carbocycles. The minimum atomic E-state index is -0.145. The smallest absolute Gasteiger partial charge is 0.257 e. The van der Waals surface area contributed by atoms with Crippen LogP contribution in [0.2, 0.25) is 0 Å². The maximum Gasteiger partial charge on any atom is 0.257 e. The van der Waals surface area contributed by atoms with E-state index in [1.807, 2.05) is 25.1 Å². The topological polar surface area (TPSA) is 79.5 Å². The lowest BCUT2D eigenvalue weighted by atomic mass is 10.2. The monoisotopic (exact) mass is 319 g/mol. The third-order valence-corrected chi connectivity index (χ3v) is 3.55. The molecule has 1 aromatic carbocycles. The van der Waals surface area contributed by atoms with Gasteiger partial charge >= 0.3 is 0 Å². The van der Waals surface area contributed by atoms with Gasteiger partial charge in [0.25, 0.3) is 5.91 Å². The second-order valence-electron chi connectivity index (χ2n) is 5.74. The highest BCUT2D eigenvalue weighted by Gasteiger charge is 2.20. The van der Waals surface area contributed by atoms with E-state index in [1.165, 1.54) is 12.8 Å². The highest BCUT2D eigenvalue weighted by Crippen LogP contribution is 2.27. The van der Waals surface area contributed by atoms with Crippen molar-refractivity contribution in [3.63, 3.8) is 0 Å². The van der Waals surface area contributed by atoms with Gasteiger partial charge in [0, 0.05) is 13.1 Å². The Bertz CT molecular complexity index is 530. The molecule has 3 N–H and O–H groups in total. The summed E-state index contributed by atoms with van der Waals surface area (Å²) < 4.78 is 5.43. The number of hydrogen-bond donors (Lipinski definition) is 3. The van der Waals surface area contributed by atoms with E-state index in [9.17, 15) is 9.59 Å². The van der Waals surface area contributed by atoms with Gasteiger partial charge in [0.1, 0.15) is 5.75 Å². The van der Waals surface area contributed by atoms with E-state index in [0.29, 0.717) is 25.4 Å². The van der Waals surface area contributed by atoms with E-state index in [2.05, 4.69) is 16.0 Å². The summed E-state index contributed by atoms with van der Waals surface area (Å²) in [5.74, 6) is 1.23. The molecule has 0 aliphatic heterocycles. The number of hydrogen-bond acceptors (Lipinski definition) is 4. The quantitative estimate of drug-likeness (QED) is 0.596. The number of likely N-dealkylation sites (N-methyl/N-ethyl adjacent to an activating group) is 1. The third kappa shape index (κ3) is 7.15. The molecule has 0 aromatic heterocycles. The predicted molar refractivity (Wildman–Crippen MR) is 88.1 cm³/mol. The van der Waals surface area contributed by atoms with Crippen LogP contribution in [-0.4, -0.2) is 38.1 Å². The number of rotatable bonds is 10. The van der Waals surface area contributed by atoms with E-state index in [4.69, 9.17) is 4.74 Å². The average molecular weight is 319 g/mol. The normalized spacial score (nSPS) is 13.4. The molecule has 2 rings (SSSR count). The summed E-state index contributed by atoms with van der Waals surface area (Å²) >= 11 is 0. The molecule has 1 aliphatic carbocycles. The summed E-state index contributed by atoms with van der Waals surface area (Å²) in [6.45, 7) is 4.17. The maximum absolute atomic E-state index is 11.7. The Morgan fingerprint density at radius 2 is 2.04 bits per heavy atom. The molecule has 23 heavy (non-hydrogen) atoms. The zero-order chi connectivity index (χ0) is 16.5. The molecular formula is C17H25N3O3. The average Bonchev–Trinajstić information content (AvgIpc) is 3.36. The van der Waals surface area contributed by atoms with Crippen molar-refractivity contribution in [3.8, 4) is 5.75 Å². The van der Waals surface area contributed by atoms with Gasteiger partial charge in [-0.2, -0.15) is 0 Å². The van der Waals surface area contributed by atoms with Gasteiger partial charge in [-0.3, -0.25) is 9.59 Å². The van der Waals surface area contributed by atoms with Crippen LogP contribution in [0, 0.1) is 5.92 Å². The van der Waals surface area contributed by atoms with Gasteiger partial charge in [-0.25, -0.2) is 0 Å². The lowest BCUT2D eigenvalue weighted by Gasteiger charge is -2.09. The van der Waals surface area contributed by atoms with Crippen LogP contribution in [0.5, 0.6) is 5.75 Å². The Kier molecular flexibility index (Phi) is 6.87. The van der Waals surface area contributed by atoms with Crippen LogP contribution in [0.25, 0.3) is 0 Å². The van der Waals surface area contributed by atoms with Crippen LogP contribution in [0.3, 0.4) is 0 Å². The van der Waals surface area contributed by atoms with Crippen LogP contribution < -0.4 is 20.7 Å². The van der Waals surface area contributed by atoms with Crippen molar-refractivity contribution in [1.82, 2.24) is 16.0 Å². The number of benzene rings is 1. The number of nitrogens with one attached hydrogen (secondary N) is 3. The van der Waals surface area contributed by atoms with E-state index in [-0.39, 0.29) is 18.4 Å². The van der Waals surface area contributed by atoms with Crippen molar-refractivity contribution in [3.05, 3.63) is 29.8 Å². The Morgan fingerprint density at radius 1 is 1.22 bits per heavy atom. The minimum absolute atomic E-state index is 0.00522. The molecule has 0 atom stereocenters. The molecule has 6 nitrogen and oxygen atoms in total. The first-order valence-corrected chi connectivity index (χ1v) is 8.13. The van der Waals surface area contributed by atoms with Crippen molar-refractivity contribution in [2.75, 3.05) is 26.2 Å². The Labute approximate surface area is 137 Å². The Hall–Kier alpha value is -2.08. The maximum atomic E-state index is 11.7. The molecular weight excluding hydrogens is 294 g/mol. The third-order valence-electron chi connectivity index (χ3n) is 3.55. The SMILES string of the molecule is CCNC(=O)COc1cccc(CNC(=O)CNCC2CC2)c1. The molecule has 0 radical (unpaired) electrons. The van der Waals surface area contributed by atoms with E-state index < -0.39 is 0 Å². The molecule has 0 bridgehead atoms. The first-order chi connectivity index (χ1) is 11.2. The van der Waals surface area contributed by atoms with Crippen LogP contribution >= 0.6 is 0 Å². The Balaban J connectivity index is 1.68. The van der Waals surface area contributed by atoms with Gasteiger partial charge in [0.15, 0.2) is 6.61 Å². The van der Waals surface area contributed by atoms with Crippen LogP contribution in [0.4, 0.5) is 0 Å². The summed E-state index contributed by atoms with van der Waals surface area (Å²) in [7, 11) is 0. The molecule has 0 spiro atoms. The summed E-state index contributed by atoms with van der Waals surface area (Å²) in [6, 6.07) is 7.38. The number of carbonyl (C=O) groups is 2. The van der Waals surface area contributed by atoms with E-state index in [1.54, 1.807) is 6.07 Å². The molecule has 1 aliphatic rings. The largest absolute Gasteiger partial charge is 0.484 e. The molecule has 1 fully saturated rings. The molecule has 2 amide bonds. The zero-order valence-electron chi connectivity index (χ0n) is 13.6. The zero-order valence-corrected chi connectivity index (χ0v) is 13.6. The Morgan fingerprint density at radius 3 is 2.78 bits per heavy atom. The highest BCUT2D eigenvalue weighted by atomic mass is 16.5. The first-order valence-electron chi connectivity index (χ1n) is 8.13. The molecule has 6 heteroatoms. The van der Waals surface area contributed by atoms with Crippen molar-refractivity contribution >= 4 is 11.8 Å². The van der Waals surface area contributed by atoms with Gasteiger partial charge < -0.3 is 20.7 Å². The van der Waals surface area contributed by atoms with Crippen LogP contribution in [0.15, 0.2) is 24.3 Å². The first kappa shape index (κ1) is 17.3. The fraction of sp³-hybridized carbons (Fsp3) is 0.529. The van der Waals surface area contributed by atoms with E-state index >= 15 is 0 Å². The highest BCUT2D eigenvalue weighted by molar-refractivity contribution is 5.78. The number of ether oxygens (including phenoxy) is 1. The van der Waals surface area contributed by atoms with Crippen molar-refractivity contribution in [2.45, 2.75) is 26.3 Å². The molecule has 0 heterocycles. The summed E-state index contributed by atoms with van der Waals surface area (Å²) in [5.41, 5.74) is 0.939. The fourth-order valence-electron chi connectivity index (χ4n) is 2.12. The van der Waals surface area contributed by atoms with Gasteiger partial charge in [-0.05, 0) is 49.9 Å². The number of amides is 2. The van der Waals surface area contributed by atoms with Crippen LogP contribution in [-0.2, 0) is 16.1 Å². The standard InChI is InChI=1S/C17H25N3O3/c1-2-19-17(22)12-23-15-5-3-4-14(8-15)10-20-16(21)11-18-9-13-6-7-13/h3-5,8,13,18H,2,6-7,9-12H2,1H3,(H,19,22)(H,20,21). The molecule has 0 saturated heterocycles. The predicted octanol–water partition coefficient (Wildman–Crippen LogP) is 0.817. The van der Waals surface area contributed by atoms with Crippen LogP contribution in [0.1, 0.15) is 25.3 Å². The minimum Gasteiger partial charge on any atom is -0.484 e. The summed E-state index contributed by atoms with van der Waals surface area (Å²) in [4.78, 5) is 23.1. The number of carbonyl (C=O) groups excluding carboxylic acids is 2. The fourth-order valence-corrected chi connectivity index (χ4v) is 2.12. The summed E-state index contributed by atoms with van der Waals surface area (Å²) in [6.07, 6.45) is 2.55. The lowest BCUT2D eigenvalue weighted by Crippen LogP contribution is -2.34. The van der Waals surface area contributed by atoms with Crippen molar-refractivity contribution in [2.24, 2.45) is 5.92 Å². The second-order valence-corrected chi connectivity index (χ2v) is 5.74.